The second-order valence-electron chi connectivity index (χ2n) is 19.5. The van der Waals surface area contributed by atoms with E-state index >= 15 is 0 Å². The molecular weight excluding hydrogens is 887 g/mol. The molecule has 0 bridgehead atoms. The maximum Gasteiger partial charge on any atom is 0.138 e. The highest BCUT2D eigenvalue weighted by Gasteiger charge is 2.49. The molecule has 15 rings (SSSR count). The molecular formula is C70H45NO2. The SMILES string of the molecule is c1ccc(C2(c3ccccc3)c3ccccc3-c3cc(N(c4cc(-c5ccc6occc6c5)c5c(c4)oc4ccccc45)c4cccc5c4-c4ccccc4C5(c4ccccc4)c4ccccc4)ccc32)cc1. The quantitative estimate of drug-likeness (QED) is 0.152. The first-order valence-corrected chi connectivity index (χ1v) is 25.1. The summed E-state index contributed by atoms with van der Waals surface area (Å²) in [4.78, 5) is 2.50. The third-order valence-electron chi connectivity index (χ3n) is 15.9. The Balaban J connectivity index is 1.06. The van der Waals surface area contributed by atoms with Crippen LogP contribution in [0.1, 0.15) is 44.5 Å². The van der Waals surface area contributed by atoms with Crippen LogP contribution in [0.3, 0.4) is 0 Å². The second-order valence-corrected chi connectivity index (χ2v) is 19.5. The third-order valence-corrected chi connectivity index (χ3v) is 15.9. The molecule has 0 saturated carbocycles. The van der Waals surface area contributed by atoms with Gasteiger partial charge in [-0.25, -0.2) is 0 Å². The van der Waals surface area contributed by atoms with E-state index in [-0.39, 0.29) is 0 Å². The summed E-state index contributed by atoms with van der Waals surface area (Å²) in [6.45, 7) is 0. The minimum absolute atomic E-state index is 0.540. The van der Waals surface area contributed by atoms with Crippen LogP contribution in [0.5, 0.6) is 0 Å². The lowest BCUT2D eigenvalue weighted by Gasteiger charge is -2.35. The molecule has 11 aromatic carbocycles. The number of hydrogen-bond acceptors (Lipinski definition) is 3. The summed E-state index contributed by atoms with van der Waals surface area (Å²) in [7, 11) is 0. The van der Waals surface area contributed by atoms with Crippen molar-refractivity contribution in [2.24, 2.45) is 0 Å². The highest BCUT2D eigenvalue weighted by molar-refractivity contribution is 6.15. The van der Waals surface area contributed by atoms with Crippen LogP contribution in [0.15, 0.2) is 282 Å². The Hall–Kier alpha value is -9.44. The average Bonchev–Trinajstić information content (AvgIpc) is 4.24. The van der Waals surface area contributed by atoms with Crippen molar-refractivity contribution >= 4 is 50.0 Å². The van der Waals surface area contributed by atoms with Gasteiger partial charge in [0.2, 0.25) is 0 Å². The van der Waals surface area contributed by atoms with Crippen LogP contribution in [-0.2, 0) is 10.8 Å². The van der Waals surface area contributed by atoms with E-state index in [0.29, 0.717) is 0 Å². The highest BCUT2D eigenvalue weighted by Crippen LogP contribution is 2.61. The maximum absolute atomic E-state index is 6.95. The van der Waals surface area contributed by atoms with Gasteiger partial charge in [-0.05, 0) is 121 Å². The van der Waals surface area contributed by atoms with Crippen molar-refractivity contribution in [3.05, 3.63) is 318 Å². The fourth-order valence-electron chi connectivity index (χ4n) is 13.0. The summed E-state index contributed by atoms with van der Waals surface area (Å²) < 4.78 is 12.8. The summed E-state index contributed by atoms with van der Waals surface area (Å²) in [6.07, 6.45) is 1.77. The molecule has 0 aliphatic heterocycles. The van der Waals surface area contributed by atoms with Crippen molar-refractivity contribution in [3.8, 4) is 33.4 Å². The molecule has 2 aliphatic rings. The van der Waals surface area contributed by atoms with Gasteiger partial charge < -0.3 is 13.7 Å². The van der Waals surface area contributed by atoms with Gasteiger partial charge in [-0.15, -0.1) is 0 Å². The van der Waals surface area contributed by atoms with E-state index in [4.69, 9.17) is 8.83 Å². The fourth-order valence-corrected chi connectivity index (χ4v) is 13.0. The summed E-state index contributed by atoms with van der Waals surface area (Å²) in [6, 6.07) is 98.1. The monoisotopic (exact) mass is 931 g/mol. The Kier molecular flexibility index (Phi) is 9.09. The molecule has 3 heteroatoms. The fraction of sp³-hybridized carbons (Fsp3) is 0.0286. The van der Waals surface area contributed by atoms with Gasteiger partial charge in [0.25, 0.3) is 0 Å². The number of benzene rings is 11. The van der Waals surface area contributed by atoms with E-state index < -0.39 is 10.8 Å². The summed E-state index contributed by atoms with van der Waals surface area (Å²) in [5, 5.41) is 3.21. The first-order valence-electron chi connectivity index (χ1n) is 25.1. The number of hydrogen-bond donors (Lipinski definition) is 0. The van der Waals surface area contributed by atoms with Crippen LogP contribution in [0.4, 0.5) is 17.1 Å². The van der Waals surface area contributed by atoms with Gasteiger partial charge in [0.05, 0.1) is 28.5 Å². The maximum atomic E-state index is 6.95. The van der Waals surface area contributed by atoms with E-state index in [1.807, 2.05) is 6.07 Å². The smallest absolute Gasteiger partial charge is 0.138 e. The van der Waals surface area contributed by atoms with Gasteiger partial charge in [0.1, 0.15) is 16.7 Å². The number of para-hydroxylation sites is 1. The number of furan rings is 2. The van der Waals surface area contributed by atoms with Crippen molar-refractivity contribution in [2.75, 3.05) is 4.90 Å². The zero-order valence-corrected chi connectivity index (χ0v) is 39.7. The molecule has 3 nitrogen and oxygen atoms in total. The number of nitrogens with zero attached hydrogens (tertiary/aromatic N) is 1. The van der Waals surface area contributed by atoms with Crippen molar-refractivity contribution in [1.82, 2.24) is 0 Å². The minimum Gasteiger partial charge on any atom is -0.464 e. The van der Waals surface area contributed by atoms with Gasteiger partial charge in [0.15, 0.2) is 0 Å². The second kappa shape index (κ2) is 16.0. The van der Waals surface area contributed by atoms with Crippen molar-refractivity contribution in [2.45, 2.75) is 10.8 Å². The lowest BCUT2D eigenvalue weighted by atomic mass is 9.67. The zero-order valence-electron chi connectivity index (χ0n) is 39.7. The molecule has 0 fully saturated rings. The molecule has 0 atom stereocenters. The third kappa shape index (κ3) is 5.88. The van der Waals surface area contributed by atoms with E-state index in [1.54, 1.807) is 6.26 Å². The molecule has 0 unspecified atom stereocenters. The zero-order chi connectivity index (χ0) is 48.1. The van der Waals surface area contributed by atoms with Crippen LogP contribution >= 0.6 is 0 Å². The molecule has 73 heavy (non-hydrogen) atoms. The summed E-state index contributed by atoms with van der Waals surface area (Å²) in [5.74, 6) is 0. The van der Waals surface area contributed by atoms with Gasteiger partial charge in [-0.3, -0.25) is 0 Å². The molecule has 342 valence electrons. The van der Waals surface area contributed by atoms with Crippen LogP contribution in [0.2, 0.25) is 0 Å². The topological polar surface area (TPSA) is 29.5 Å². The van der Waals surface area contributed by atoms with Crippen LogP contribution in [0.25, 0.3) is 66.3 Å². The van der Waals surface area contributed by atoms with E-state index in [1.165, 1.54) is 66.8 Å². The molecule has 0 N–H and O–H groups in total. The molecule has 0 spiro atoms. The Labute approximate surface area is 423 Å². The van der Waals surface area contributed by atoms with Crippen molar-refractivity contribution < 1.29 is 8.83 Å². The lowest BCUT2D eigenvalue weighted by Crippen LogP contribution is -2.28. The summed E-state index contributed by atoms with van der Waals surface area (Å²) in [5.41, 5.74) is 21.5. The Morgan fingerprint density at radius 3 is 1.56 bits per heavy atom. The Morgan fingerprint density at radius 2 is 0.877 bits per heavy atom. The highest BCUT2D eigenvalue weighted by atomic mass is 16.3. The average molecular weight is 932 g/mol. The molecule has 13 aromatic rings. The molecule has 2 aliphatic carbocycles. The first-order chi connectivity index (χ1) is 36.2. The molecule has 2 heterocycles. The predicted octanol–water partition coefficient (Wildman–Crippen LogP) is 18.2. The van der Waals surface area contributed by atoms with Crippen LogP contribution < -0.4 is 4.90 Å². The van der Waals surface area contributed by atoms with E-state index in [0.717, 1.165) is 61.1 Å². The molecule has 0 amide bonds. The lowest BCUT2D eigenvalue weighted by molar-refractivity contribution is 0.616. The Morgan fingerprint density at radius 1 is 0.329 bits per heavy atom. The van der Waals surface area contributed by atoms with Crippen LogP contribution in [0, 0.1) is 0 Å². The molecule has 0 radical (unpaired) electrons. The van der Waals surface area contributed by atoms with Crippen LogP contribution in [-0.4, -0.2) is 0 Å². The van der Waals surface area contributed by atoms with Crippen molar-refractivity contribution in [1.29, 1.82) is 0 Å². The van der Waals surface area contributed by atoms with Crippen molar-refractivity contribution in [3.63, 3.8) is 0 Å². The Bertz CT molecular complexity index is 4190. The van der Waals surface area contributed by atoms with Gasteiger partial charge in [-0.2, -0.15) is 0 Å². The first kappa shape index (κ1) is 41.4. The number of anilines is 3. The standard InChI is InChI=1S/C70H45NO2/c1-5-20-48(21-6-1)69(49-22-7-2-8-23-49)59-31-16-13-28-54(59)58-43-52(37-38-61(58)69)71(53-44-57(46-36-39-64-47(42-46)40-41-72-64)67-56-30-15-18-35-65(56)73-66(67)45-53)63-34-19-33-62-68(63)55-29-14-17-32-60(55)70(62,50-24-9-3-10-25-50)51-26-11-4-12-27-51/h1-45H. The number of rotatable bonds is 8. The number of fused-ring (bicyclic) bond motifs is 10. The summed E-state index contributed by atoms with van der Waals surface area (Å²) >= 11 is 0. The normalized spacial score (nSPS) is 13.7. The van der Waals surface area contributed by atoms with E-state index in [2.05, 4.69) is 266 Å². The predicted molar refractivity (Wildman–Crippen MR) is 298 cm³/mol. The van der Waals surface area contributed by atoms with E-state index in [9.17, 15) is 0 Å². The van der Waals surface area contributed by atoms with Gasteiger partial charge >= 0.3 is 0 Å². The van der Waals surface area contributed by atoms with Gasteiger partial charge in [0, 0.05) is 33.5 Å². The molecule has 2 aromatic heterocycles. The minimum atomic E-state index is -0.591. The largest absolute Gasteiger partial charge is 0.464 e. The molecule has 0 saturated heterocycles. The van der Waals surface area contributed by atoms with Gasteiger partial charge in [-0.1, -0.05) is 212 Å².